The lowest BCUT2D eigenvalue weighted by molar-refractivity contribution is 0.241. The number of nitrogens with two attached hydrogens (primary N) is 2. The number of ether oxygens (including phenoxy) is 1. The number of anilines is 2. The van der Waals surface area contributed by atoms with E-state index >= 15 is 0 Å². The van der Waals surface area contributed by atoms with Gasteiger partial charge in [0.05, 0.1) is 11.8 Å². The van der Waals surface area contributed by atoms with Gasteiger partial charge in [0.1, 0.15) is 23.2 Å². The Balaban J connectivity index is 2.53. The summed E-state index contributed by atoms with van der Waals surface area (Å²) in [6.07, 6.45) is 0.0922. The number of aryl methyl sites for hydroxylation is 1. The van der Waals surface area contributed by atoms with Crippen molar-refractivity contribution in [2.45, 2.75) is 26.9 Å². The normalized spacial score (nSPS) is 10.4. The molecule has 108 valence electrons. The first-order valence-electron chi connectivity index (χ1n) is 6.53. The number of aromatic nitrogens is 2. The third kappa shape index (κ3) is 3.03. The molecular weight excluding hydrogens is 266 g/mol. The maximum Gasteiger partial charge on any atom is 0.222 e. The first-order valence-corrected chi connectivity index (χ1v) is 6.53. The summed E-state index contributed by atoms with van der Waals surface area (Å²) in [5, 5.41) is 9.22. The molecule has 4 N–H and O–H groups in total. The monoisotopic (exact) mass is 283 g/mol. The minimum absolute atomic E-state index is 0.0432. The van der Waals surface area contributed by atoms with Crippen LogP contribution < -0.4 is 16.2 Å². The van der Waals surface area contributed by atoms with E-state index < -0.39 is 0 Å². The van der Waals surface area contributed by atoms with Gasteiger partial charge < -0.3 is 16.2 Å². The van der Waals surface area contributed by atoms with E-state index in [0.717, 1.165) is 16.9 Å². The molecule has 6 nitrogen and oxygen atoms in total. The lowest BCUT2D eigenvalue weighted by Crippen LogP contribution is -2.07. The van der Waals surface area contributed by atoms with Crippen molar-refractivity contribution < 1.29 is 4.74 Å². The second-order valence-electron chi connectivity index (χ2n) is 4.95. The number of nitriles is 1. The van der Waals surface area contributed by atoms with Crippen molar-refractivity contribution in [2.24, 2.45) is 0 Å². The van der Waals surface area contributed by atoms with Gasteiger partial charge in [-0.15, -0.1) is 0 Å². The van der Waals surface area contributed by atoms with E-state index in [4.69, 9.17) is 16.2 Å². The summed E-state index contributed by atoms with van der Waals surface area (Å²) in [6, 6.07) is 7.58. The molecule has 0 unspecified atom stereocenters. The number of rotatable bonds is 3. The van der Waals surface area contributed by atoms with Crippen molar-refractivity contribution in [1.29, 1.82) is 5.26 Å². The summed E-state index contributed by atoms with van der Waals surface area (Å²) >= 11 is 0. The summed E-state index contributed by atoms with van der Waals surface area (Å²) in [5.74, 6) is 0.920. The molecule has 0 aliphatic carbocycles. The Kier molecular flexibility index (Phi) is 3.94. The standard InChI is InChI=1S/C15H17N5O/c1-8(2)21-12-5-4-10(6-9(12)3)13-11(7-16)14(17)20-15(18)19-13/h4-6,8H,1-3H3,(H4,17,18,19,20). The molecule has 0 fully saturated rings. The van der Waals surface area contributed by atoms with Crippen molar-refractivity contribution >= 4 is 11.8 Å². The van der Waals surface area contributed by atoms with Gasteiger partial charge in [-0.25, -0.2) is 4.98 Å². The average Bonchev–Trinajstić information content (AvgIpc) is 2.40. The smallest absolute Gasteiger partial charge is 0.222 e. The van der Waals surface area contributed by atoms with Crippen LogP contribution in [0.15, 0.2) is 18.2 Å². The molecule has 0 atom stereocenters. The van der Waals surface area contributed by atoms with Gasteiger partial charge in [0, 0.05) is 5.56 Å². The third-order valence-electron chi connectivity index (χ3n) is 2.88. The molecule has 21 heavy (non-hydrogen) atoms. The van der Waals surface area contributed by atoms with Gasteiger partial charge in [0.15, 0.2) is 0 Å². The van der Waals surface area contributed by atoms with Crippen molar-refractivity contribution in [1.82, 2.24) is 9.97 Å². The number of benzene rings is 1. The maximum absolute atomic E-state index is 9.22. The van der Waals surface area contributed by atoms with Crippen LogP contribution in [0, 0.1) is 18.3 Å². The molecule has 2 rings (SSSR count). The van der Waals surface area contributed by atoms with Gasteiger partial charge in [-0.05, 0) is 44.5 Å². The summed E-state index contributed by atoms with van der Waals surface area (Å²) in [7, 11) is 0. The molecule has 1 aromatic carbocycles. The topological polar surface area (TPSA) is 111 Å². The molecule has 6 heteroatoms. The average molecular weight is 283 g/mol. The second kappa shape index (κ2) is 5.67. The van der Waals surface area contributed by atoms with Crippen LogP contribution in [0.4, 0.5) is 11.8 Å². The summed E-state index contributed by atoms with van der Waals surface area (Å²) in [6.45, 7) is 5.86. The molecule has 0 radical (unpaired) electrons. The molecule has 0 amide bonds. The van der Waals surface area contributed by atoms with Gasteiger partial charge in [-0.2, -0.15) is 10.2 Å². The summed E-state index contributed by atoms with van der Waals surface area (Å²) in [5.41, 5.74) is 13.7. The number of hydrogen-bond acceptors (Lipinski definition) is 6. The lowest BCUT2D eigenvalue weighted by Gasteiger charge is -2.14. The zero-order valence-electron chi connectivity index (χ0n) is 12.2. The Hall–Kier alpha value is -2.81. The van der Waals surface area contributed by atoms with Crippen LogP contribution in [-0.2, 0) is 0 Å². The summed E-state index contributed by atoms with van der Waals surface area (Å²) in [4.78, 5) is 7.94. The van der Waals surface area contributed by atoms with Crippen molar-refractivity contribution in [3.8, 4) is 23.1 Å². The molecule has 0 saturated carbocycles. The van der Waals surface area contributed by atoms with Gasteiger partial charge >= 0.3 is 0 Å². The van der Waals surface area contributed by atoms with E-state index in [-0.39, 0.29) is 23.4 Å². The zero-order valence-corrected chi connectivity index (χ0v) is 12.2. The lowest BCUT2D eigenvalue weighted by atomic mass is 10.0. The zero-order chi connectivity index (χ0) is 15.6. The Morgan fingerprint density at radius 1 is 1.24 bits per heavy atom. The van der Waals surface area contributed by atoms with Crippen LogP contribution in [0.2, 0.25) is 0 Å². The Bertz CT molecular complexity index is 719. The first-order chi connectivity index (χ1) is 9.92. The van der Waals surface area contributed by atoms with Crippen LogP contribution in [0.1, 0.15) is 25.0 Å². The Labute approximate surface area is 123 Å². The second-order valence-corrected chi connectivity index (χ2v) is 4.95. The van der Waals surface area contributed by atoms with Crippen LogP contribution in [-0.4, -0.2) is 16.1 Å². The predicted molar refractivity (Wildman–Crippen MR) is 81.5 cm³/mol. The fourth-order valence-electron chi connectivity index (χ4n) is 2.00. The molecule has 0 aliphatic rings. The van der Waals surface area contributed by atoms with Crippen molar-refractivity contribution in [3.63, 3.8) is 0 Å². The van der Waals surface area contributed by atoms with Gasteiger partial charge in [0.2, 0.25) is 5.95 Å². The largest absolute Gasteiger partial charge is 0.491 e. The molecular formula is C15H17N5O. The molecule has 1 heterocycles. The number of nitrogens with zero attached hydrogens (tertiary/aromatic N) is 3. The predicted octanol–water partition coefficient (Wildman–Crippen LogP) is 2.28. The van der Waals surface area contributed by atoms with Crippen LogP contribution in [0.25, 0.3) is 11.3 Å². The molecule has 0 spiro atoms. The highest BCUT2D eigenvalue weighted by molar-refractivity contribution is 5.74. The maximum atomic E-state index is 9.22. The summed E-state index contributed by atoms with van der Waals surface area (Å²) < 4.78 is 5.69. The van der Waals surface area contributed by atoms with E-state index in [1.54, 1.807) is 0 Å². The highest BCUT2D eigenvalue weighted by Gasteiger charge is 2.14. The van der Waals surface area contributed by atoms with E-state index in [1.165, 1.54) is 0 Å². The molecule has 0 bridgehead atoms. The molecule has 2 aromatic rings. The van der Waals surface area contributed by atoms with E-state index in [1.807, 2.05) is 45.0 Å². The fourth-order valence-corrected chi connectivity index (χ4v) is 2.00. The van der Waals surface area contributed by atoms with E-state index in [0.29, 0.717) is 5.69 Å². The quantitative estimate of drug-likeness (QED) is 0.893. The van der Waals surface area contributed by atoms with E-state index in [2.05, 4.69) is 9.97 Å². The van der Waals surface area contributed by atoms with Crippen LogP contribution in [0.5, 0.6) is 5.75 Å². The highest BCUT2D eigenvalue weighted by atomic mass is 16.5. The fraction of sp³-hybridized carbons (Fsp3) is 0.267. The van der Waals surface area contributed by atoms with Gasteiger partial charge in [0.25, 0.3) is 0 Å². The van der Waals surface area contributed by atoms with Gasteiger partial charge in [-0.3, -0.25) is 0 Å². The highest BCUT2D eigenvalue weighted by Crippen LogP contribution is 2.29. The number of nitrogen functional groups attached to an aromatic ring is 2. The molecule has 0 saturated heterocycles. The Morgan fingerprint density at radius 2 is 1.95 bits per heavy atom. The SMILES string of the molecule is Cc1cc(-c2nc(N)nc(N)c2C#N)ccc1OC(C)C. The van der Waals surface area contributed by atoms with E-state index in [9.17, 15) is 5.26 Å². The van der Waals surface area contributed by atoms with Crippen molar-refractivity contribution in [2.75, 3.05) is 11.5 Å². The Morgan fingerprint density at radius 3 is 2.52 bits per heavy atom. The first kappa shape index (κ1) is 14.6. The third-order valence-corrected chi connectivity index (χ3v) is 2.88. The van der Waals surface area contributed by atoms with Crippen molar-refractivity contribution in [3.05, 3.63) is 29.3 Å². The molecule has 1 aromatic heterocycles. The number of hydrogen-bond donors (Lipinski definition) is 2. The van der Waals surface area contributed by atoms with Gasteiger partial charge in [-0.1, -0.05) is 0 Å². The minimum Gasteiger partial charge on any atom is -0.491 e. The van der Waals surface area contributed by atoms with Crippen LogP contribution in [0.3, 0.4) is 0 Å². The minimum atomic E-state index is 0.0432. The molecule has 0 aliphatic heterocycles. The van der Waals surface area contributed by atoms with Crippen LogP contribution >= 0.6 is 0 Å².